The molecule has 3 nitrogen and oxygen atoms in total. The van der Waals surface area contributed by atoms with Gasteiger partial charge in [0.15, 0.2) is 0 Å². The van der Waals surface area contributed by atoms with Gasteiger partial charge in [-0.2, -0.15) is 5.10 Å². The van der Waals surface area contributed by atoms with Crippen molar-refractivity contribution in [3.63, 3.8) is 0 Å². The summed E-state index contributed by atoms with van der Waals surface area (Å²) in [5.41, 5.74) is 7.88. The fraction of sp³-hybridized carbons (Fsp3) is 0.182. The van der Waals surface area contributed by atoms with E-state index in [2.05, 4.69) is 17.2 Å². The lowest BCUT2D eigenvalue weighted by Gasteiger charge is -2.03. The molecule has 0 bridgehead atoms. The Morgan fingerprint density at radius 2 is 2.13 bits per heavy atom. The smallest absolute Gasteiger partial charge is 0.0785 e. The van der Waals surface area contributed by atoms with Crippen molar-refractivity contribution in [2.75, 3.05) is 0 Å². The summed E-state index contributed by atoms with van der Waals surface area (Å²) in [6, 6.07) is 8.15. The number of nitrogens with zero attached hydrogens (tertiary/aromatic N) is 2. The van der Waals surface area contributed by atoms with Crippen molar-refractivity contribution in [2.45, 2.75) is 13.1 Å². The summed E-state index contributed by atoms with van der Waals surface area (Å²) >= 11 is 5.78. The highest BCUT2D eigenvalue weighted by molar-refractivity contribution is 6.30. The average Bonchev–Trinajstić information content (AvgIpc) is 2.64. The highest BCUT2D eigenvalue weighted by Gasteiger charge is 1.98. The maximum absolute atomic E-state index is 5.78. The quantitative estimate of drug-likeness (QED) is 0.862. The van der Waals surface area contributed by atoms with Crippen LogP contribution in [0.1, 0.15) is 11.1 Å². The lowest BCUT2D eigenvalue weighted by Crippen LogP contribution is -2.02. The molecule has 0 aliphatic heterocycles. The van der Waals surface area contributed by atoms with Gasteiger partial charge in [-0.1, -0.05) is 35.9 Å². The van der Waals surface area contributed by atoms with Gasteiger partial charge < -0.3 is 5.73 Å². The molecule has 1 heterocycles. The molecule has 2 rings (SSSR count). The first-order chi connectivity index (χ1) is 7.28. The van der Waals surface area contributed by atoms with E-state index in [1.165, 1.54) is 5.56 Å². The van der Waals surface area contributed by atoms with Crippen LogP contribution in [0.15, 0.2) is 36.7 Å². The van der Waals surface area contributed by atoms with Crippen molar-refractivity contribution >= 4 is 11.6 Å². The number of hydrogen-bond acceptors (Lipinski definition) is 2. The zero-order valence-corrected chi connectivity index (χ0v) is 8.98. The Morgan fingerprint density at radius 3 is 2.80 bits per heavy atom. The predicted molar refractivity (Wildman–Crippen MR) is 60.7 cm³/mol. The lowest BCUT2D eigenvalue weighted by molar-refractivity contribution is 0.686. The van der Waals surface area contributed by atoms with Gasteiger partial charge >= 0.3 is 0 Å². The van der Waals surface area contributed by atoms with Crippen LogP contribution in [-0.2, 0) is 13.1 Å². The van der Waals surface area contributed by atoms with Crippen LogP contribution in [0, 0.1) is 0 Å². The van der Waals surface area contributed by atoms with Gasteiger partial charge in [-0.15, -0.1) is 0 Å². The number of hydrogen-bond donors (Lipinski definition) is 1. The van der Waals surface area contributed by atoms with Crippen LogP contribution in [0.5, 0.6) is 0 Å². The van der Waals surface area contributed by atoms with Gasteiger partial charge in [-0.05, 0) is 11.1 Å². The first-order valence-electron chi connectivity index (χ1n) is 4.74. The summed E-state index contributed by atoms with van der Waals surface area (Å²) in [7, 11) is 0. The molecule has 1 aromatic heterocycles. The minimum Gasteiger partial charge on any atom is -0.326 e. The first-order valence-corrected chi connectivity index (χ1v) is 5.11. The van der Waals surface area contributed by atoms with E-state index in [1.54, 1.807) is 17.1 Å². The summed E-state index contributed by atoms with van der Waals surface area (Å²) in [4.78, 5) is 0. The van der Waals surface area contributed by atoms with Crippen molar-refractivity contribution in [3.05, 3.63) is 52.8 Å². The third kappa shape index (κ3) is 2.58. The van der Waals surface area contributed by atoms with E-state index in [1.807, 2.05) is 12.1 Å². The molecular formula is C11H12ClN3. The van der Waals surface area contributed by atoms with Gasteiger partial charge in [0.25, 0.3) is 0 Å². The maximum atomic E-state index is 5.78. The SMILES string of the molecule is NCc1cccc(Cn2cc(Cl)cn2)c1. The van der Waals surface area contributed by atoms with Crippen LogP contribution >= 0.6 is 11.6 Å². The molecule has 0 spiro atoms. The van der Waals surface area contributed by atoms with Gasteiger partial charge in [-0.25, -0.2) is 0 Å². The normalized spacial score (nSPS) is 10.5. The third-order valence-corrected chi connectivity index (χ3v) is 2.37. The minimum absolute atomic E-state index is 0.563. The molecule has 0 aliphatic carbocycles. The largest absolute Gasteiger partial charge is 0.326 e. The molecule has 78 valence electrons. The highest BCUT2D eigenvalue weighted by Crippen LogP contribution is 2.09. The molecule has 0 amide bonds. The monoisotopic (exact) mass is 221 g/mol. The molecule has 0 radical (unpaired) electrons. The summed E-state index contributed by atoms with van der Waals surface area (Å²) in [5, 5.41) is 4.78. The topological polar surface area (TPSA) is 43.8 Å². The first kappa shape index (κ1) is 10.2. The van der Waals surface area contributed by atoms with Crippen LogP contribution in [0.4, 0.5) is 0 Å². The summed E-state index contributed by atoms with van der Waals surface area (Å²) in [5.74, 6) is 0. The van der Waals surface area contributed by atoms with E-state index in [-0.39, 0.29) is 0 Å². The third-order valence-electron chi connectivity index (χ3n) is 2.17. The zero-order chi connectivity index (χ0) is 10.7. The molecule has 2 aromatic rings. The summed E-state index contributed by atoms with van der Waals surface area (Å²) < 4.78 is 1.80. The average molecular weight is 222 g/mol. The molecule has 0 atom stereocenters. The van der Waals surface area contributed by atoms with Crippen LogP contribution in [0.2, 0.25) is 5.02 Å². The van der Waals surface area contributed by atoms with E-state index >= 15 is 0 Å². The molecule has 15 heavy (non-hydrogen) atoms. The van der Waals surface area contributed by atoms with Crippen molar-refractivity contribution < 1.29 is 0 Å². The number of aromatic nitrogens is 2. The molecule has 0 saturated heterocycles. The maximum Gasteiger partial charge on any atom is 0.0785 e. The van der Waals surface area contributed by atoms with Gasteiger partial charge in [-0.3, -0.25) is 4.68 Å². The van der Waals surface area contributed by atoms with Gasteiger partial charge in [0.05, 0.1) is 17.8 Å². The Hall–Kier alpha value is -1.32. The fourth-order valence-electron chi connectivity index (χ4n) is 1.47. The predicted octanol–water partition coefficient (Wildman–Crippen LogP) is 2.04. The lowest BCUT2D eigenvalue weighted by atomic mass is 10.1. The zero-order valence-electron chi connectivity index (χ0n) is 8.23. The number of rotatable bonds is 3. The van der Waals surface area contributed by atoms with Crippen molar-refractivity contribution in [3.8, 4) is 0 Å². The van der Waals surface area contributed by atoms with Crippen LogP contribution in [0.3, 0.4) is 0 Å². The minimum atomic E-state index is 0.563. The number of halogens is 1. The van der Waals surface area contributed by atoms with E-state index in [0.717, 1.165) is 12.1 Å². The molecule has 1 aromatic carbocycles. The second-order valence-corrected chi connectivity index (χ2v) is 3.82. The van der Waals surface area contributed by atoms with Gasteiger partial charge in [0.2, 0.25) is 0 Å². The Bertz CT molecular complexity index is 451. The molecule has 0 unspecified atom stereocenters. The van der Waals surface area contributed by atoms with Crippen molar-refractivity contribution in [1.29, 1.82) is 0 Å². The number of nitrogens with two attached hydrogens (primary N) is 1. The second kappa shape index (κ2) is 4.47. The van der Waals surface area contributed by atoms with Gasteiger partial charge in [0.1, 0.15) is 0 Å². The molecular weight excluding hydrogens is 210 g/mol. The molecule has 0 fully saturated rings. The van der Waals surface area contributed by atoms with Crippen molar-refractivity contribution in [2.24, 2.45) is 5.73 Å². The summed E-state index contributed by atoms with van der Waals surface area (Å²) in [6.07, 6.45) is 3.44. The Kier molecular flexibility index (Phi) is 3.04. The molecule has 0 aliphatic rings. The summed E-state index contributed by atoms with van der Waals surface area (Å²) in [6.45, 7) is 1.29. The molecule has 0 saturated carbocycles. The van der Waals surface area contributed by atoms with Crippen LogP contribution < -0.4 is 5.73 Å². The Labute approximate surface area is 93.5 Å². The molecule has 2 N–H and O–H groups in total. The van der Waals surface area contributed by atoms with E-state index in [0.29, 0.717) is 11.6 Å². The van der Waals surface area contributed by atoms with E-state index < -0.39 is 0 Å². The van der Waals surface area contributed by atoms with Gasteiger partial charge in [0, 0.05) is 12.7 Å². The highest BCUT2D eigenvalue weighted by atomic mass is 35.5. The second-order valence-electron chi connectivity index (χ2n) is 3.38. The van der Waals surface area contributed by atoms with Crippen LogP contribution in [0.25, 0.3) is 0 Å². The Balaban J connectivity index is 2.16. The van der Waals surface area contributed by atoms with E-state index in [4.69, 9.17) is 17.3 Å². The van der Waals surface area contributed by atoms with Crippen molar-refractivity contribution in [1.82, 2.24) is 9.78 Å². The number of benzene rings is 1. The van der Waals surface area contributed by atoms with E-state index in [9.17, 15) is 0 Å². The van der Waals surface area contributed by atoms with Crippen LogP contribution in [-0.4, -0.2) is 9.78 Å². The Morgan fingerprint density at radius 1 is 1.33 bits per heavy atom. The fourth-order valence-corrected chi connectivity index (χ4v) is 1.62. The standard InChI is InChI=1S/C11H12ClN3/c12-11-6-14-15(8-11)7-10-3-1-2-9(4-10)5-13/h1-4,6,8H,5,7,13H2. The molecule has 4 heteroatoms.